The van der Waals surface area contributed by atoms with Crippen LogP contribution in [0.4, 0.5) is 0 Å². The number of nitrogens with zero attached hydrogens (tertiary/aromatic N) is 2. The summed E-state index contributed by atoms with van der Waals surface area (Å²) < 4.78 is 6.66. The molecule has 0 atom stereocenters. The van der Waals surface area contributed by atoms with Gasteiger partial charge in [-0.05, 0) is 113 Å². The Labute approximate surface area is 305 Å². The lowest BCUT2D eigenvalue weighted by Crippen LogP contribution is -1.91. The van der Waals surface area contributed by atoms with E-state index in [9.17, 15) is 0 Å². The maximum atomic E-state index is 6.66. The van der Waals surface area contributed by atoms with Gasteiger partial charge >= 0.3 is 0 Å². The molecule has 0 spiro atoms. The van der Waals surface area contributed by atoms with Crippen LogP contribution in [-0.2, 0) is 0 Å². The minimum absolute atomic E-state index is 0.876. The molecule has 0 aliphatic heterocycles. The molecule has 0 amide bonds. The highest BCUT2D eigenvalue weighted by Gasteiger charge is 2.20. The Hall–Kier alpha value is -7.10. The normalized spacial score (nSPS) is 11.8. The number of benzene rings is 8. The van der Waals surface area contributed by atoms with Crippen LogP contribution in [0.25, 0.3) is 110 Å². The van der Waals surface area contributed by atoms with Gasteiger partial charge in [0.1, 0.15) is 11.2 Å². The van der Waals surface area contributed by atoms with Crippen LogP contribution in [0.2, 0.25) is 0 Å². The number of hydrogen-bond donors (Lipinski definition) is 0. The quantitative estimate of drug-likeness (QED) is 0.174. The van der Waals surface area contributed by atoms with E-state index in [4.69, 9.17) is 4.42 Å². The van der Waals surface area contributed by atoms with Crippen LogP contribution in [-0.4, -0.2) is 9.97 Å². The molecule has 11 rings (SSSR count). The van der Waals surface area contributed by atoms with Gasteiger partial charge in [0, 0.05) is 46.7 Å². The van der Waals surface area contributed by atoms with Crippen LogP contribution in [0, 0.1) is 0 Å². The van der Waals surface area contributed by atoms with E-state index in [1.165, 1.54) is 65.3 Å². The van der Waals surface area contributed by atoms with E-state index in [0.29, 0.717) is 0 Å². The van der Waals surface area contributed by atoms with Gasteiger partial charge in [-0.3, -0.25) is 9.97 Å². The van der Waals surface area contributed by atoms with Gasteiger partial charge in [-0.15, -0.1) is 0 Å². The fraction of sp³-hybridized carbons (Fsp3) is 0. The average Bonchev–Trinajstić information content (AvgIpc) is 3.59. The van der Waals surface area contributed by atoms with Crippen molar-refractivity contribution in [1.29, 1.82) is 0 Å². The first-order valence-electron chi connectivity index (χ1n) is 18.0. The van der Waals surface area contributed by atoms with E-state index in [1.54, 1.807) is 0 Å². The van der Waals surface area contributed by atoms with Gasteiger partial charge in [-0.2, -0.15) is 0 Å². The maximum absolute atomic E-state index is 6.66. The van der Waals surface area contributed by atoms with Crippen LogP contribution >= 0.6 is 0 Å². The zero-order valence-electron chi connectivity index (χ0n) is 28.6. The molecule has 0 aliphatic carbocycles. The van der Waals surface area contributed by atoms with Gasteiger partial charge in [-0.1, -0.05) is 121 Å². The molecular formula is C50H30N2O. The lowest BCUT2D eigenvalue weighted by molar-refractivity contribution is 0.669. The first-order chi connectivity index (χ1) is 26.3. The lowest BCUT2D eigenvalue weighted by atomic mass is 9.86. The molecule has 0 radical (unpaired) electrons. The van der Waals surface area contributed by atoms with E-state index in [0.717, 1.165) is 44.2 Å². The smallest absolute Gasteiger partial charge is 0.136 e. The Morgan fingerprint density at radius 2 is 0.679 bits per heavy atom. The fourth-order valence-electron chi connectivity index (χ4n) is 8.61. The van der Waals surface area contributed by atoms with Crippen molar-refractivity contribution in [2.75, 3.05) is 0 Å². The first kappa shape index (κ1) is 29.6. The topological polar surface area (TPSA) is 38.9 Å². The molecule has 3 heteroatoms. The Bertz CT molecular complexity index is 3100. The van der Waals surface area contributed by atoms with Crippen LogP contribution < -0.4 is 0 Å². The largest absolute Gasteiger partial charge is 0.456 e. The van der Waals surface area contributed by atoms with Gasteiger partial charge < -0.3 is 4.42 Å². The zero-order chi connectivity index (χ0) is 34.9. The molecule has 3 aromatic heterocycles. The molecule has 53 heavy (non-hydrogen) atoms. The Kier molecular flexibility index (Phi) is 6.55. The lowest BCUT2D eigenvalue weighted by Gasteiger charge is -2.17. The monoisotopic (exact) mass is 674 g/mol. The number of fused-ring (bicyclic) bond motifs is 7. The average molecular weight is 675 g/mol. The summed E-state index contributed by atoms with van der Waals surface area (Å²) in [5, 5.41) is 11.9. The number of pyridine rings is 2. The predicted octanol–water partition coefficient (Wildman–Crippen LogP) is 13.7. The number of rotatable bonds is 4. The second-order valence-corrected chi connectivity index (χ2v) is 13.7. The van der Waals surface area contributed by atoms with Crippen molar-refractivity contribution in [3.8, 4) is 44.5 Å². The number of furan rings is 1. The standard InChI is InChI=1S/C50H30N2O/c1-5-17-40-36(13-1)47(37-14-2-6-18-41(37)49(40)33-11-9-25-51-29-33)31-22-24-45-44(27-31)35-23-21-32(28-46(35)53-45)48-38-15-3-7-19-42(38)50(34-12-10-26-52-30-34)43-20-8-4-16-39(43)48/h1-30H. The van der Waals surface area contributed by atoms with Crippen molar-refractivity contribution >= 4 is 65.0 Å². The van der Waals surface area contributed by atoms with Gasteiger partial charge in [0.25, 0.3) is 0 Å². The fourth-order valence-corrected chi connectivity index (χ4v) is 8.61. The van der Waals surface area contributed by atoms with E-state index >= 15 is 0 Å². The molecule has 0 saturated heterocycles. The SMILES string of the molecule is c1cncc(-c2c3ccccc3c(-c3ccc4c(c3)oc3ccc(-c5c6ccccc6c(-c6cccnc6)c6ccccc56)cc34)c3ccccc23)c1. The minimum Gasteiger partial charge on any atom is -0.456 e. The van der Waals surface area contributed by atoms with Crippen LogP contribution in [0.15, 0.2) is 187 Å². The second-order valence-electron chi connectivity index (χ2n) is 13.7. The first-order valence-corrected chi connectivity index (χ1v) is 18.0. The van der Waals surface area contributed by atoms with Gasteiger partial charge in [0.15, 0.2) is 0 Å². The van der Waals surface area contributed by atoms with Gasteiger partial charge in [0.05, 0.1) is 0 Å². The Balaban J connectivity index is 1.13. The summed E-state index contributed by atoms with van der Waals surface area (Å²) >= 11 is 0. The number of hydrogen-bond acceptors (Lipinski definition) is 3. The van der Waals surface area contributed by atoms with Crippen molar-refractivity contribution < 1.29 is 4.42 Å². The molecule has 0 unspecified atom stereocenters. The van der Waals surface area contributed by atoms with Crippen LogP contribution in [0.3, 0.4) is 0 Å². The molecular weight excluding hydrogens is 645 g/mol. The van der Waals surface area contributed by atoms with E-state index in [1.807, 2.05) is 36.9 Å². The maximum Gasteiger partial charge on any atom is 0.136 e. The second kappa shape index (κ2) is 11.7. The Morgan fingerprint density at radius 1 is 0.283 bits per heavy atom. The molecule has 3 nitrogen and oxygen atoms in total. The molecule has 3 heterocycles. The molecule has 0 N–H and O–H groups in total. The molecule has 0 fully saturated rings. The van der Waals surface area contributed by atoms with Crippen molar-refractivity contribution in [2.24, 2.45) is 0 Å². The van der Waals surface area contributed by atoms with Crippen molar-refractivity contribution in [3.63, 3.8) is 0 Å². The van der Waals surface area contributed by atoms with E-state index in [-0.39, 0.29) is 0 Å². The number of aromatic nitrogens is 2. The summed E-state index contributed by atoms with van der Waals surface area (Å²) in [5.74, 6) is 0. The van der Waals surface area contributed by atoms with Crippen molar-refractivity contribution in [1.82, 2.24) is 9.97 Å². The molecule has 0 aliphatic rings. The third-order valence-electron chi connectivity index (χ3n) is 10.8. The highest BCUT2D eigenvalue weighted by atomic mass is 16.3. The Morgan fingerprint density at radius 3 is 1.09 bits per heavy atom. The van der Waals surface area contributed by atoms with Gasteiger partial charge in [-0.25, -0.2) is 0 Å². The molecule has 8 aromatic carbocycles. The summed E-state index contributed by atoms with van der Waals surface area (Å²) in [6.45, 7) is 0. The molecule has 11 aromatic rings. The molecule has 0 bridgehead atoms. The van der Waals surface area contributed by atoms with E-state index in [2.05, 4.69) is 156 Å². The van der Waals surface area contributed by atoms with E-state index < -0.39 is 0 Å². The zero-order valence-corrected chi connectivity index (χ0v) is 28.6. The highest BCUT2D eigenvalue weighted by molar-refractivity contribution is 6.23. The minimum atomic E-state index is 0.876. The highest BCUT2D eigenvalue weighted by Crippen LogP contribution is 2.47. The molecule has 246 valence electrons. The third-order valence-corrected chi connectivity index (χ3v) is 10.8. The van der Waals surface area contributed by atoms with Crippen molar-refractivity contribution in [2.45, 2.75) is 0 Å². The molecule has 0 saturated carbocycles. The summed E-state index contributed by atoms with van der Waals surface area (Å²) in [6.07, 6.45) is 7.59. The van der Waals surface area contributed by atoms with Gasteiger partial charge in [0.2, 0.25) is 0 Å². The summed E-state index contributed by atoms with van der Waals surface area (Å²) in [4.78, 5) is 8.94. The van der Waals surface area contributed by atoms with Crippen LogP contribution in [0.1, 0.15) is 0 Å². The third kappa shape index (κ3) is 4.54. The predicted molar refractivity (Wildman–Crippen MR) is 221 cm³/mol. The summed E-state index contributed by atoms with van der Waals surface area (Å²) in [7, 11) is 0. The van der Waals surface area contributed by atoms with Crippen LogP contribution in [0.5, 0.6) is 0 Å². The van der Waals surface area contributed by atoms with Crippen molar-refractivity contribution in [3.05, 3.63) is 183 Å². The summed E-state index contributed by atoms with van der Waals surface area (Å²) in [6, 6.07) is 56.6. The summed E-state index contributed by atoms with van der Waals surface area (Å²) in [5.41, 5.74) is 11.1.